The second-order valence-corrected chi connectivity index (χ2v) is 28.9. The van der Waals surface area contributed by atoms with Crippen LogP contribution in [0.3, 0.4) is 0 Å². The third-order valence-electron chi connectivity index (χ3n) is 20.3. The lowest BCUT2D eigenvalue weighted by molar-refractivity contribution is -0.271. The summed E-state index contributed by atoms with van der Waals surface area (Å²) in [4.78, 5) is 130. The molecule has 3 aliphatic rings. The fourth-order valence-corrected chi connectivity index (χ4v) is 13.9. The molecule has 0 radical (unpaired) electrons. The minimum absolute atomic E-state index is 0.00920. The number of aliphatic hydroxyl groups excluding tert-OH is 4. The quantitative estimate of drug-likeness (QED) is 0.0207. The molecule has 0 spiro atoms. The molecule has 7 rings (SSSR count). The Morgan fingerprint density at radius 3 is 1.99 bits per heavy atom. The van der Waals surface area contributed by atoms with E-state index in [9.17, 15) is 68.7 Å². The molecule has 3 aliphatic heterocycles. The van der Waals surface area contributed by atoms with Crippen LogP contribution in [-0.2, 0) is 84.7 Å². The van der Waals surface area contributed by atoms with Gasteiger partial charge in [-0.2, -0.15) is 0 Å². The van der Waals surface area contributed by atoms with Crippen LogP contribution in [0.1, 0.15) is 134 Å². The number of carbonyl (C=O) groups is 9. The maximum atomic E-state index is 14.9. The van der Waals surface area contributed by atoms with Crippen LogP contribution >= 0.6 is 0 Å². The zero-order valence-electron chi connectivity index (χ0n) is 65.5. The van der Waals surface area contributed by atoms with Crippen molar-refractivity contribution >= 4 is 64.8 Å². The van der Waals surface area contributed by atoms with Crippen LogP contribution in [-0.4, -0.2) is 248 Å². The highest BCUT2D eigenvalue weighted by atomic mass is 16.7. The van der Waals surface area contributed by atoms with E-state index in [1.807, 2.05) is 68.4 Å². The molecule has 2 saturated heterocycles. The van der Waals surface area contributed by atoms with Gasteiger partial charge >= 0.3 is 12.1 Å². The number of likely N-dealkylation sites (N-methyl/N-ethyl adjacent to an activating group) is 2. The minimum atomic E-state index is -2.02. The number of methoxy groups -OCH3 is 2. The van der Waals surface area contributed by atoms with E-state index >= 15 is 0 Å². The number of hydrogen-bond donors (Lipinski definition) is 9. The molecule has 608 valence electrons. The molecular weight excluding hydrogens is 1440 g/mol. The number of hydrogen-bond acceptors (Lipinski definition) is 21. The topological polar surface area (TPSA) is 390 Å². The number of anilines is 2. The summed E-state index contributed by atoms with van der Waals surface area (Å²) in [5.41, 5.74) is 3.98. The van der Waals surface area contributed by atoms with Crippen LogP contribution in [0.2, 0.25) is 0 Å². The van der Waals surface area contributed by atoms with E-state index in [-0.39, 0.29) is 118 Å². The van der Waals surface area contributed by atoms with Crippen LogP contribution in [0.15, 0.2) is 97.1 Å². The largest absolute Gasteiger partial charge is 0.479 e. The van der Waals surface area contributed by atoms with E-state index < -0.39 is 133 Å². The molecule has 4 aromatic rings. The van der Waals surface area contributed by atoms with Crippen LogP contribution in [0, 0.1) is 35.5 Å². The number of carboxylic acid groups (broad SMARTS) is 1. The number of ether oxygens (including phenoxy) is 8. The number of amides is 8. The average molecular weight is 1550 g/mol. The number of aliphatic carboxylic acids is 1. The van der Waals surface area contributed by atoms with Gasteiger partial charge in [0.1, 0.15) is 42.8 Å². The summed E-state index contributed by atoms with van der Waals surface area (Å²) in [5.74, 6) is -0.318. The van der Waals surface area contributed by atoms with Gasteiger partial charge in [-0.1, -0.05) is 133 Å². The Morgan fingerprint density at radius 1 is 0.685 bits per heavy atom. The minimum Gasteiger partial charge on any atom is -0.479 e. The number of nitrogens with one attached hydrogen (secondary N) is 4. The number of benzene rings is 4. The van der Waals surface area contributed by atoms with Gasteiger partial charge in [-0.3, -0.25) is 38.5 Å². The van der Waals surface area contributed by atoms with Gasteiger partial charge in [0.2, 0.25) is 47.6 Å². The van der Waals surface area contributed by atoms with E-state index in [4.69, 9.17) is 37.9 Å². The number of nitrogens with zero attached hydrogens (tertiary/aromatic N) is 4. The smallest absolute Gasteiger partial charge is 0.410 e. The van der Waals surface area contributed by atoms with E-state index in [0.717, 1.165) is 21.6 Å². The molecule has 0 aromatic heterocycles. The standard InChI is InChI=1S/C81H112N8O22/c1-13-50(6)69(62(104-11)45-66(93)88-37-21-28-60(88)74(105-12)51(7)76(98)83-52(8)70(94)56-24-15-14-16-25-56)86(9)78(100)67(48(2)3)85-77(99)68(49(4)5)87(10)81(103)109-47-53-29-32-61(110-80-73(97)71(95)72(96)75(111-80)79(101)102)58(44-53)84-64(91)35-38-106-40-42-108-43-41-107-39-36-82-63(90)33-34-65(92)89-46-57-26-18-17-22-54(57)30-31-55-23-19-20-27-59(55)89/h14-20,22-27,29,32,44,48-52,60,62,67-75,80,94-97H,13,21,28,33-43,45-47H2,1-12H3,(H,82,90)(H,83,98)(H,84,91)(H,85,99)(H,101,102)/t50-,51-,52+,60+,62+,67-,68+,69+,70+,71-,72-,73+,74+,75-,80+/m0/s1. The number of likely N-dealkylation sites (tertiary alicyclic amines) is 1. The van der Waals surface area contributed by atoms with Crippen LogP contribution in [0.25, 0.3) is 0 Å². The van der Waals surface area contributed by atoms with Gasteiger partial charge in [0.15, 0.2) is 6.10 Å². The van der Waals surface area contributed by atoms with Crippen LogP contribution < -0.4 is 30.9 Å². The first-order valence-electron chi connectivity index (χ1n) is 37.9. The number of aliphatic hydroxyl groups is 4. The fraction of sp³-hybridized carbons (Fsp3) is 0.568. The third kappa shape index (κ3) is 24.7. The lowest BCUT2D eigenvalue weighted by atomic mass is 9.89. The predicted octanol–water partition coefficient (Wildman–Crippen LogP) is 5.07. The molecule has 2 fully saturated rings. The van der Waals surface area contributed by atoms with Crippen molar-refractivity contribution in [3.8, 4) is 17.6 Å². The number of para-hydroxylation sites is 1. The lowest BCUT2D eigenvalue weighted by Gasteiger charge is -2.41. The van der Waals surface area contributed by atoms with Crippen molar-refractivity contribution in [2.75, 3.05) is 91.3 Å². The van der Waals surface area contributed by atoms with Gasteiger partial charge in [-0.25, -0.2) is 9.59 Å². The lowest BCUT2D eigenvalue weighted by Crippen LogP contribution is -2.61. The van der Waals surface area contributed by atoms with E-state index in [1.54, 1.807) is 82.7 Å². The highest BCUT2D eigenvalue weighted by Crippen LogP contribution is 2.34. The molecule has 0 saturated carbocycles. The molecule has 3 heterocycles. The molecule has 0 aliphatic carbocycles. The third-order valence-corrected chi connectivity index (χ3v) is 20.3. The summed E-state index contributed by atoms with van der Waals surface area (Å²) < 4.78 is 45.9. The SMILES string of the molecule is CC[C@H](C)[C@H]([C@@H](CC(=O)N1CCC[C@@H]1[C@H](OC)[C@H](C)C(=O)N[C@H](C)[C@@H](O)c1ccccc1)OC)N(C)C(=O)[C@@H](NC(=O)[C@@H](C(C)C)N(C)C(=O)OCc1ccc(O[C@@H]2O[C@H](C(=O)O)[C@@H](O)[C@H](O)[C@H]2O)c(NC(=O)CCOCCOCCOCCNC(=O)CCC(=O)N2Cc3ccccc3C#Cc3ccccc32)c1)C(C)C. The summed E-state index contributed by atoms with van der Waals surface area (Å²) in [5, 5.41) is 63.7. The second kappa shape index (κ2) is 43.6. The molecule has 30 nitrogen and oxygen atoms in total. The van der Waals surface area contributed by atoms with E-state index in [2.05, 4.69) is 33.1 Å². The van der Waals surface area contributed by atoms with E-state index in [0.29, 0.717) is 43.6 Å². The van der Waals surface area contributed by atoms with Crippen molar-refractivity contribution in [2.45, 2.75) is 193 Å². The Labute approximate surface area is 649 Å². The summed E-state index contributed by atoms with van der Waals surface area (Å²) in [6.07, 6.45) is -11.9. The second-order valence-electron chi connectivity index (χ2n) is 28.9. The highest BCUT2D eigenvalue weighted by Gasteiger charge is 2.49. The van der Waals surface area contributed by atoms with Gasteiger partial charge in [0, 0.05) is 65.4 Å². The maximum Gasteiger partial charge on any atom is 0.410 e. The predicted molar refractivity (Wildman–Crippen MR) is 408 cm³/mol. The fourth-order valence-electron chi connectivity index (χ4n) is 13.9. The molecule has 0 unspecified atom stereocenters. The summed E-state index contributed by atoms with van der Waals surface area (Å²) in [7, 11) is 5.95. The van der Waals surface area contributed by atoms with Crippen LogP contribution in [0.4, 0.5) is 16.2 Å². The van der Waals surface area contributed by atoms with Crippen molar-refractivity contribution in [1.29, 1.82) is 0 Å². The molecular formula is C81H112N8O22. The van der Waals surface area contributed by atoms with Gasteiger partial charge < -0.3 is 99.4 Å². The Bertz CT molecular complexity index is 3820. The van der Waals surface area contributed by atoms with Gasteiger partial charge in [-0.05, 0) is 84.5 Å². The van der Waals surface area contributed by atoms with E-state index in [1.165, 1.54) is 44.4 Å². The van der Waals surface area contributed by atoms with Gasteiger partial charge in [-0.15, -0.1) is 0 Å². The zero-order valence-corrected chi connectivity index (χ0v) is 65.5. The molecule has 4 aromatic carbocycles. The monoisotopic (exact) mass is 1550 g/mol. The first-order chi connectivity index (χ1) is 53.0. The number of carboxylic acids is 1. The number of fused-ring (bicyclic) bond motifs is 2. The summed E-state index contributed by atoms with van der Waals surface area (Å²) >= 11 is 0. The molecule has 9 N–H and O–H groups in total. The van der Waals surface area contributed by atoms with Gasteiger partial charge in [0.25, 0.3) is 0 Å². The molecule has 111 heavy (non-hydrogen) atoms. The van der Waals surface area contributed by atoms with Crippen LogP contribution in [0.5, 0.6) is 5.75 Å². The molecule has 30 heteroatoms. The van der Waals surface area contributed by atoms with Crippen molar-refractivity contribution in [2.24, 2.45) is 23.7 Å². The van der Waals surface area contributed by atoms with Crippen molar-refractivity contribution < 1.29 is 107 Å². The number of carbonyl (C=O) groups excluding carboxylic acids is 8. The molecule has 8 amide bonds. The Hall–Kier alpha value is -9.13. The van der Waals surface area contributed by atoms with Crippen molar-refractivity contribution in [3.05, 3.63) is 125 Å². The van der Waals surface area contributed by atoms with Crippen molar-refractivity contribution in [3.63, 3.8) is 0 Å². The summed E-state index contributed by atoms with van der Waals surface area (Å²) in [6.45, 7) is 15.5. The normalized spacial score (nSPS) is 19.8. The maximum absolute atomic E-state index is 14.9. The zero-order chi connectivity index (χ0) is 81.2. The molecule has 0 bridgehead atoms. The molecule has 15 atom stereocenters. The first kappa shape index (κ1) is 89.1. The Morgan fingerprint density at radius 2 is 1.33 bits per heavy atom. The Balaban J connectivity index is 0.894. The average Bonchev–Trinajstić information content (AvgIpc) is 1.83. The highest BCUT2D eigenvalue weighted by molar-refractivity contribution is 5.97. The first-order valence-corrected chi connectivity index (χ1v) is 37.9. The van der Waals surface area contributed by atoms with Crippen molar-refractivity contribution in [1.82, 2.24) is 30.7 Å². The Kier molecular flexibility index (Phi) is 35.0. The summed E-state index contributed by atoms with van der Waals surface area (Å²) in [6, 6.07) is 24.1. The number of rotatable bonds is 41. The van der Waals surface area contributed by atoms with Gasteiger partial charge in [0.05, 0.1) is 113 Å².